The Labute approximate surface area is 180 Å². The highest BCUT2D eigenvalue weighted by molar-refractivity contribution is 5.86. The number of rotatable bonds is 4. The van der Waals surface area contributed by atoms with E-state index in [4.69, 9.17) is 9.62 Å². The summed E-state index contributed by atoms with van der Waals surface area (Å²) in [5.74, 6) is 0.888. The van der Waals surface area contributed by atoms with Gasteiger partial charge >= 0.3 is 0 Å². The second-order valence-electron chi connectivity index (χ2n) is 7.79. The third kappa shape index (κ3) is 3.54. The molecule has 0 atom stereocenters. The van der Waals surface area contributed by atoms with Crippen LogP contribution in [-0.2, 0) is 11.2 Å². The molecule has 4 heterocycles. The van der Waals surface area contributed by atoms with E-state index in [0.29, 0.717) is 24.4 Å². The molecule has 1 fully saturated rings. The Hall–Kier alpha value is -3.68. The molecule has 0 N–H and O–H groups in total. The first kappa shape index (κ1) is 19.3. The summed E-state index contributed by atoms with van der Waals surface area (Å²) in [5, 5.41) is 9.70. The van der Waals surface area contributed by atoms with Crippen molar-refractivity contribution in [3.63, 3.8) is 0 Å². The van der Waals surface area contributed by atoms with Gasteiger partial charge < -0.3 is 14.3 Å². The molecule has 8 nitrogen and oxygen atoms in total. The Balaban J connectivity index is 1.27. The van der Waals surface area contributed by atoms with E-state index in [2.05, 4.69) is 22.0 Å². The number of carbonyl (C=O) groups is 1. The highest BCUT2D eigenvalue weighted by atomic mass is 16.5. The Kier molecular flexibility index (Phi) is 4.89. The number of carbonyl (C=O) groups excluding carboxylic acids is 1. The van der Waals surface area contributed by atoms with Gasteiger partial charge in [0, 0.05) is 37.8 Å². The first-order valence-corrected chi connectivity index (χ1v) is 10.5. The van der Waals surface area contributed by atoms with Crippen molar-refractivity contribution in [2.24, 2.45) is 0 Å². The summed E-state index contributed by atoms with van der Waals surface area (Å²) < 4.78 is 7.22. The van der Waals surface area contributed by atoms with Crippen molar-refractivity contribution in [1.82, 2.24) is 24.8 Å². The predicted octanol–water partition coefficient (Wildman–Crippen LogP) is 2.92. The Morgan fingerprint density at radius 2 is 1.81 bits per heavy atom. The van der Waals surface area contributed by atoms with Crippen LogP contribution in [0.5, 0.6) is 0 Å². The zero-order chi connectivity index (χ0) is 21.4. The minimum Gasteiger partial charge on any atom is -0.365 e. The van der Waals surface area contributed by atoms with Gasteiger partial charge in [0.15, 0.2) is 11.4 Å². The van der Waals surface area contributed by atoms with Crippen LogP contribution in [0.2, 0.25) is 0 Å². The second kappa shape index (κ2) is 7.86. The molecule has 0 aliphatic carbocycles. The normalized spacial score (nSPS) is 14.4. The third-order valence-corrected chi connectivity index (χ3v) is 5.84. The van der Waals surface area contributed by atoms with E-state index in [-0.39, 0.29) is 12.3 Å². The molecule has 4 aromatic rings. The van der Waals surface area contributed by atoms with Crippen LogP contribution in [0.25, 0.3) is 16.8 Å². The lowest BCUT2D eigenvalue weighted by Crippen LogP contribution is -2.49. The van der Waals surface area contributed by atoms with E-state index < -0.39 is 0 Å². The number of para-hydroxylation sites is 1. The molecular weight excluding hydrogens is 392 g/mol. The number of pyridine rings is 1. The zero-order valence-electron chi connectivity index (χ0n) is 17.7. The first-order valence-electron chi connectivity index (χ1n) is 10.5. The van der Waals surface area contributed by atoms with Crippen molar-refractivity contribution in [1.29, 1.82) is 0 Å². The number of hydrogen-bond acceptors (Lipinski definition) is 6. The fourth-order valence-corrected chi connectivity index (χ4v) is 4.29. The number of anilines is 1. The summed E-state index contributed by atoms with van der Waals surface area (Å²) in [6, 6.07) is 13.4. The quantitative estimate of drug-likeness (QED) is 0.509. The van der Waals surface area contributed by atoms with Crippen molar-refractivity contribution in [2.75, 3.05) is 31.1 Å². The molecule has 5 rings (SSSR count). The Morgan fingerprint density at radius 3 is 2.58 bits per heavy atom. The molecule has 0 saturated carbocycles. The lowest BCUT2D eigenvalue weighted by Gasteiger charge is -2.36. The number of piperazine rings is 1. The summed E-state index contributed by atoms with van der Waals surface area (Å²) >= 11 is 0. The standard InChI is InChI=1S/C23H24N6O2/c1-16-23(17(2)29(25-16)21-9-5-6-10-24-21)28-13-11-27(12-14-28)22(30)15-19-18-7-3-4-8-20(18)31-26-19/h3-10H,11-15H2,1-2H3. The van der Waals surface area contributed by atoms with Crippen LogP contribution in [0.1, 0.15) is 17.1 Å². The van der Waals surface area contributed by atoms with Crippen LogP contribution in [0, 0.1) is 13.8 Å². The largest absolute Gasteiger partial charge is 0.365 e. The lowest BCUT2D eigenvalue weighted by molar-refractivity contribution is -0.130. The Bertz CT molecular complexity index is 1220. The molecule has 31 heavy (non-hydrogen) atoms. The number of hydrogen-bond donors (Lipinski definition) is 0. The lowest BCUT2D eigenvalue weighted by atomic mass is 10.1. The summed E-state index contributed by atoms with van der Waals surface area (Å²) in [6.45, 7) is 6.96. The molecule has 1 aliphatic heterocycles. The molecule has 0 unspecified atom stereocenters. The molecule has 0 bridgehead atoms. The first-order chi connectivity index (χ1) is 15.1. The monoisotopic (exact) mass is 416 g/mol. The van der Waals surface area contributed by atoms with E-state index in [0.717, 1.165) is 41.4 Å². The van der Waals surface area contributed by atoms with E-state index >= 15 is 0 Å². The molecule has 1 aliphatic rings. The van der Waals surface area contributed by atoms with Gasteiger partial charge in [-0.15, -0.1) is 0 Å². The van der Waals surface area contributed by atoms with Crippen LogP contribution in [0.15, 0.2) is 53.2 Å². The van der Waals surface area contributed by atoms with E-state index in [1.165, 1.54) is 0 Å². The van der Waals surface area contributed by atoms with Crippen molar-refractivity contribution in [3.8, 4) is 5.82 Å². The molecule has 8 heteroatoms. The fourth-order valence-electron chi connectivity index (χ4n) is 4.29. The van der Waals surface area contributed by atoms with Crippen molar-refractivity contribution >= 4 is 22.6 Å². The van der Waals surface area contributed by atoms with Crippen molar-refractivity contribution in [3.05, 3.63) is 65.7 Å². The van der Waals surface area contributed by atoms with Crippen LogP contribution >= 0.6 is 0 Å². The van der Waals surface area contributed by atoms with Crippen LogP contribution in [-0.4, -0.2) is 56.9 Å². The van der Waals surface area contributed by atoms with Gasteiger partial charge in [-0.3, -0.25) is 4.79 Å². The highest BCUT2D eigenvalue weighted by Gasteiger charge is 2.26. The van der Waals surface area contributed by atoms with Gasteiger partial charge in [-0.05, 0) is 38.1 Å². The number of amides is 1. The van der Waals surface area contributed by atoms with Crippen LogP contribution in [0.3, 0.4) is 0 Å². The number of benzene rings is 1. The SMILES string of the molecule is Cc1nn(-c2ccccn2)c(C)c1N1CCN(C(=O)Cc2noc3ccccc23)CC1. The van der Waals surface area contributed by atoms with E-state index in [1.807, 2.05) is 59.0 Å². The van der Waals surface area contributed by atoms with Crippen LogP contribution < -0.4 is 4.90 Å². The zero-order valence-corrected chi connectivity index (χ0v) is 17.7. The minimum atomic E-state index is 0.0799. The van der Waals surface area contributed by atoms with Gasteiger partial charge in [0.2, 0.25) is 5.91 Å². The van der Waals surface area contributed by atoms with Gasteiger partial charge in [0.25, 0.3) is 0 Å². The van der Waals surface area contributed by atoms with Gasteiger partial charge in [-0.1, -0.05) is 23.4 Å². The van der Waals surface area contributed by atoms with Gasteiger partial charge in [-0.2, -0.15) is 5.10 Å². The topological polar surface area (TPSA) is 80.3 Å². The maximum atomic E-state index is 12.9. The smallest absolute Gasteiger partial charge is 0.228 e. The second-order valence-corrected chi connectivity index (χ2v) is 7.79. The average Bonchev–Trinajstić information content (AvgIpc) is 3.34. The van der Waals surface area contributed by atoms with E-state index in [1.54, 1.807) is 6.20 Å². The summed E-state index contributed by atoms with van der Waals surface area (Å²) in [7, 11) is 0. The van der Waals surface area contributed by atoms with Crippen molar-refractivity contribution < 1.29 is 9.32 Å². The summed E-state index contributed by atoms with van der Waals surface area (Å²) in [5.41, 5.74) is 4.57. The molecule has 1 aromatic carbocycles. The van der Waals surface area contributed by atoms with Crippen LogP contribution in [0.4, 0.5) is 5.69 Å². The number of aromatic nitrogens is 4. The molecule has 1 saturated heterocycles. The van der Waals surface area contributed by atoms with Gasteiger partial charge in [0.05, 0.1) is 23.5 Å². The maximum Gasteiger partial charge on any atom is 0.228 e. The molecular formula is C23H24N6O2. The Morgan fingerprint density at radius 1 is 1.03 bits per heavy atom. The summed E-state index contributed by atoms with van der Waals surface area (Å²) in [6.07, 6.45) is 2.03. The minimum absolute atomic E-state index is 0.0799. The van der Waals surface area contributed by atoms with Gasteiger partial charge in [0.1, 0.15) is 5.69 Å². The number of fused-ring (bicyclic) bond motifs is 1. The third-order valence-electron chi connectivity index (χ3n) is 5.84. The molecule has 0 spiro atoms. The predicted molar refractivity (Wildman–Crippen MR) is 117 cm³/mol. The number of aryl methyl sites for hydroxylation is 1. The summed E-state index contributed by atoms with van der Waals surface area (Å²) in [4.78, 5) is 21.5. The molecule has 158 valence electrons. The number of nitrogens with zero attached hydrogens (tertiary/aromatic N) is 6. The van der Waals surface area contributed by atoms with Gasteiger partial charge in [-0.25, -0.2) is 9.67 Å². The fraction of sp³-hybridized carbons (Fsp3) is 0.304. The molecule has 3 aromatic heterocycles. The average molecular weight is 416 g/mol. The molecule has 1 amide bonds. The maximum absolute atomic E-state index is 12.9. The van der Waals surface area contributed by atoms with E-state index in [9.17, 15) is 4.79 Å². The molecule has 0 radical (unpaired) electrons. The highest BCUT2D eigenvalue weighted by Crippen LogP contribution is 2.27. The van der Waals surface area contributed by atoms with Crippen molar-refractivity contribution in [2.45, 2.75) is 20.3 Å².